The average Bonchev–Trinajstić information content (AvgIpc) is 3.16. The molecule has 0 radical (unpaired) electrons. The van der Waals surface area contributed by atoms with E-state index in [-0.39, 0.29) is 11.9 Å². The molecule has 0 saturated heterocycles. The highest BCUT2D eigenvalue weighted by atomic mass is 32.1. The van der Waals surface area contributed by atoms with Crippen LogP contribution in [-0.2, 0) is 6.54 Å². The van der Waals surface area contributed by atoms with Crippen LogP contribution in [0.5, 0.6) is 5.75 Å². The lowest BCUT2D eigenvalue weighted by Crippen LogP contribution is -2.47. The molecule has 0 bridgehead atoms. The Kier molecular flexibility index (Phi) is 6.01. The fraction of sp³-hybridized carbons (Fsp3) is 0.300. The number of hydrogen-bond acceptors (Lipinski definition) is 5. The van der Waals surface area contributed by atoms with E-state index in [4.69, 9.17) is 4.74 Å². The van der Waals surface area contributed by atoms with Crippen LogP contribution < -0.4 is 15.0 Å². The topological polar surface area (TPSA) is 82.1 Å². The van der Waals surface area contributed by atoms with Gasteiger partial charge < -0.3 is 15.2 Å². The van der Waals surface area contributed by atoms with E-state index in [9.17, 15) is 14.7 Å². The van der Waals surface area contributed by atoms with Crippen molar-refractivity contribution in [2.75, 3.05) is 25.6 Å². The van der Waals surface area contributed by atoms with Crippen molar-refractivity contribution < 1.29 is 19.4 Å². The second-order valence-electron chi connectivity index (χ2n) is 6.34. The highest BCUT2D eigenvalue weighted by Gasteiger charge is 2.36. The Hall–Kier alpha value is -2.84. The predicted octanol–water partition coefficient (Wildman–Crippen LogP) is 3.13. The van der Waals surface area contributed by atoms with Gasteiger partial charge in [-0.25, -0.2) is 4.79 Å². The van der Waals surface area contributed by atoms with Crippen LogP contribution in [0, 0.1) is 0 Å². The van der Waals surface area contributed by atoms with Crippen molar-refractivity contribution in [2.24, 2.45) is 0 Å². The normalized spacial score (nSPS) is 16.4. The molecule has 1 aromatic heterocycles. The minimum Gasteiger partial charge on any atom is -0.497 e. The van der Waals surface area contributed by atoms with Gasteiger partial charge in [0.1, 0.15) is 10.8 Å². The van der Waals surface area contributed by atoms with Crippen LogP contribution in [0.3, 0.4) is 0 Å². The number of rotatable bonds is 6. The van der Waals surface area contributed by atoms with Crippen molar-refractivity contribution >= 4 is 28.3 Å². The number of nitrogens with zero attached hydrogens (tertiary/aromatic N) is 2. The van der Waals surface area contributed by atoms with Crippen LogP contribution in [0.25, 0.3) is 0 Å². The lowest BCUT2D eigenvalue weighted by atomic mass is 10.2. The van der Waals surface area contributed by atoms with Crippen molar-refractivity contribution in [3.05, 3.63) is 58.5 Å². The van der Waals surface area contributed by atoms with Crippen LogP contribution in [0.15, 0.2) is 42.5 Å². The lowest BCUT2D eigenvalue weighted by Gasteiger charge is -2.36. The smallest absolute Gasteiger partial charge is 0.327 e. The molecule has 0 aliphatic carbocycles. The van der Waals surface area contributed by atoms with E-state index in [0.29, 0.717) is 28.5 Å². The van der Waals surface area contributed by atoms with Gasteiger partial charge in [-0.3, -0.25) is 14.6 Å². The Morgan fingerprint density at radius 1 is 1.39 bits per heavy atom. The molecule has 0 spiro atoms. The predicted molar refractivity (Wildman–Crippen MR) is 109 cm³/mol. The largest absolute Gasteiger partial charge is 0.497 e. The fourth-order valence-electron chi connectivity index (χ4n) is 2.96. The number of ether oxygens (including phenoxy) is 1. The average molecular weight is 401 g/mol. The molecule has 1 atom stereocenters. The summed E-state index contributed by atoms with van der Waals surface area (Å²) in [7, 11) is 3.24. The zero-order valence-corrected chi connectivity index (χ0v) is 16.8. The highest BCUT2D eigenvalue weighted by Crippen LogP contribution is 2.40. The minimum atomic E-state index is -1.08. The van der Waals surface area contributed by atoms with Crippen molar-refractivity contribution in [1.29, 1.82) is 0 Å². The van der Waals surface area contributed by atoms with Gasteiger partial charge in [0.05, 0.1) is 12.0 Å². The molecule has 0 saturated carbocycles. The first-order valence-electron chi connectivity index (χ1n) is 8.84. The van der Waals surface area contributed by atoms with Crippen LogP contribution >= 0.6 is 11.3 Å². The van der Waals surface area contributed by atoms with Gasteiger partial charge in [-0.15, -0.1) is 11.3 Å². The Bertz CT molecular complexity index is 909. The van der Waals surface area contributed by atoms with Crippen LogP contribution in [0.1, 0.15) is 34.0 Å². The molecule has 28 heavy (non-hydrogen) atoms. The van der Waals surface area contributed by atoms with E-state index >= 15 is 0 Å². The number of allylic oxidation sites excluding steroid dienone is 1. The number of urea groups is 1. The van der Waals surface area contributed by atoms with Gasteiger partial charge in [-0.1, -0.05) is 24.3 Å². The Morgan fingerprint density at radius 2 is 2.18 bits per heavy atom. The Labute approximate surface area is 167 Å². The molecule has 1 aromatic carbocycles. The maximum absolute atomic E-state index is 12.6. The SMILES string of the molecule is C/C=C/CN1C(=O)N(C)c2sc(C(=O)NCc3cccc(OC)c3)cc2C1O. The van der Waals surface area contributed by atoms with E-state index in [1.165, 1.54) is 21.1 Å². The molecule has 1 aliphatic heterocycles. The first kappa shape index (κ1) is 19.9. The zero-order valence-electron chi connectivity index (χ0n) is 16.0. The monoisotopic (exact) mass is 401 g/mol. The van der Waals surface area contributed by atoms with Crippen molar-refractivity contribution in [3.8, 4) is 5.75 Å². The number of hydrogen-bond donors (Lipinski definition) is 2. The number of anilines is 1. The molecule has 2 aromatic rings. The summed E-state index contributed by atoms with van der Waals surface area (Å²) in [5, 5.41) is 14.1. The standard InChI is InChI=1S/C20H23N3O4S/c1-4-5-9-23-18(25)15-11-16(28-19(15)22(2)20(23)26)17(24)21-12-13-7-6-8-14(10-13)27-3/h4-8,10-11,18,25H,9,12H2,1-3H3,(H,21,24)/b5-4+. The molecule has 1 unspecified atom stereocenters. The maximum atomic E-state index is 12.6. The first-order chi connectivity index (χ1) is 13.5. The summed E-state index contributed by atoms with van der Waals surface area (Å²) in [6, 6.07) is 8.81. The van der Waals surface area contributed by atoms with Gasteiger partial charge in [-0.05, 0) is 30.7 Å². The molecule has 148 valence electrons. The number of nitrogens with one attached hydrogen (secondary N) is 1. The van der Waals surface area contributed by atoms with E-state index in [1.54, 1.807) is 26.3 Å². The third kappa shape index (κ3) is 3.88. The molecule has 1 aliphatic rings. The number of methoxy groups -OCH3 is 1. The third-order valence-corrected chi connectivity index (χ3v) is 5.73. The van der Waals surface area contributed by atoms with Crippen LogP contribution in [0.4, 0.5) is 9.80 Å². The van der Waals surface area contributed by atoms with Crippen molar-refractivity contribution in [3.63, 3.8) is 0 Å². The summed E-state index contributed by atoms with van der Waals surface area (Å²) >= 11 is 1.19. The molecule has 2 N–H and O–H groups in total. The molecule has 3 amide bonds. The van der Waals surface area contributed by atoms with Gasteiger partial charge >= 0.3 is 6.03 Å². The minimum absolute atomic E-state index is 0.254. The van der Waals surface area contributed by atoms with Crippen LogP contribution in [-0.4, -0.2) is 42.6 Å². The first-order valence-corrected chi connectivity index (χ1v) is 9.66. The Balaban J connectivity index is 1.76. The number of fused-ring (bicyclic) bond motifs is 1. The summed E-state index contributed by atoms with van der Waals surface area (Å²) in [5.74, 6) is 0.470. The van der Waals surface area contributed by atoms with Crippen molar-refractivity contribution in [1.82, 2.24) is 10.2 Å². The number of benzene rings is 1. The molecule has 2 heterocycles. The number of carbonyl (C=O) groups excluding carboxylic acids is 2. The molecule has 0 fully saturated rings. The number of thiophene rings is 1. The van der Waals surface area contributed by atoms with Gasteiger partial charge in [0.2, 0.25) is 0 Å². The lowest BCUT2D eigenvalue weighted by molar-refractivity contribution is 0.0356. The van der Waals surface area contributed by atoms with E-state index < -0.39 is 6.23 Å². The molecule has 8 heteroatoms. The quantitative estimate of drug-likeness (QED) is 0.729. The van der Waals surface area contributed by atoms with Gasteiger partial charge in [-0.2, -0.15) is 0 Å². The second-order valence-corrected chi connectivity index (χ2v) is 7.37. The maximum Gasteiger partial charge on any atom is 0.327 e. The second kappa shape index (κ2) is 8.45. The summed E-state index contributed by atoms with van der Waals surface area (Å²) in [4.78, 5) is 28.4. The van der Waals surface area contributed by atoms with Gasteiger partial charge in [0, 0.05) is 25.7 Å². The number of aliphatic hydroxyl groups excluding tert-OH is 1. The number of aliphatic hydroxyl groups is 1. The third-order valence-electron chi connectivity index (χ3n) is 4.50. The van der Waals surface area contributed by atoms with E-state index in [0.717, 1.165) is 11.3 Å². The molecule has 3 rings (SSSR count). The highest BCUT2D eigenvalue weighted by molar-refractivity contribution is 7.18. The van der Waals surface area contributed by atoms with E-state index in [2.05, 4.69) is 5.32 Å². The van der Waals surface area contributed by atoms with Crippen LogP contribution in [0.2, 0.25) is 0 Å². The summed E-state index contributed by atoms with van der Waals surface area (Å²) in [5.41, 5.74) is 1.47. The Morgan fingerprint density at radius 3 is 2.89 bits per heavy atom. The van der Waals surface area contributed by atoms with Crippen molar-refractivity contribution in [2.45, 2.75) is 19.7 Å². The fourth-order valence-corrected chi connectivity index (χ4v) is 4.01. The van der Waals surface area contributed by atoms with Gasteiger partial charge in [0.15, 0.2) is 6.23 Å². The summed E-state index contributed by atoms with van der Waals surface area (Å²) in [6.45, 7) is 2.50. The van der Waals surface area contributed by atoms with E-state index in [1.807, 2.05) is 37.3 Å². The molecular formula is C20H23N3O4S. The summed E-state index contributed by atoms with van der Waals surface area (Å²) < 4.78 is 5.19. The van der Waals surface area contributed by atoms with Gasteiger partial charge in [0.25, 0.3) is 5.91 Å². The molecule has 7 nitrogen and oxygen atoms in total. The number of carbonyl (C=O) groups is 2. The summed E-state index contributed by atoms with van der Waals surface area (Å²) in [6.07, 6.45) is 2.54. The number of amides is 3. The molecular weight excluding hydrogens is 378 g/mol. The zero-order chi connectivity index (χ0) is 20.3.